The van der Waals surface area contributed by atoms with E-state index in [-0.39, 0.29) is 0 Å². The van der Waals surface area contributed by atoms with Gasteiger partial charge in [0.15, 0.2) is 4.77 Å². The maximum atomic E-state index is 6.19. The molecule has 3 nitrogen and oxygen atoms in total. The van der Waals surface area contributed by atoms with Gasteiger partial charge in [-0.15, -0.1) is 0 Å². The summed E-state index contributed by atoms with van der Waals surface area (Å²) >= 11 is 11.8. The standard InChI is InChI=1S/C16H20ClN3S/c1-19-11-3-2-4-12(19)9-13(8-11)20-15-7-10(17)5-6-14(15)18-16(20)21/h5-7,11-13H,2-4,8-9H2,1H3,(H,18,21). The Bertz CT molecular complexity index is 721. The number of imidazole rings is 1. The van der Waals surface area contributed by atoms with Crippen molar-refractivity contribution in [3.05, 3.63) is 28.0 Å². The van der Waals surface area contributed by atoms with Crippen molar-refractivity contribution in [2.75, 3.05) is 7.05 Å². The fraction of sp³-hybridized carbons (Fsp3) is 0.562. The molecule has 2 aliphatic heterocycles. The zero-order valence-corrected chi connectivity index (χ0v) is 13.8. The minimum absolute atomic E-state index is 0.496. The van der Waals surface area contributed by atoms with E-state index in [0.29, 0.717) is 18.1 Å². The Morgan fingerprint density at radius 1 is 1.19 bits per heavy atom. The van der Waals surface area contributed by atoms with Gasteiger partial charge in [0.25, 0.3) is 0 Å². The number of benzene rings is 1. The van der Waals surface area contributed by atoms with Crippen LogP contribution in [0.3, 0.4) is 0 Å². The lowest BCUT2D eigenvalue weighted by molar-refractivity contribution is 0.0407. The lowest BCUT2D eigenvalue weighted by Gasteiger charge is -2.47. The van der Waals surface area contributed by atoms with Gasteiger partial charge in [-0.25, -0.2) is 0 Å². The first-order valence-corrected chi connectivity index (χ1v) is 8.54. The number of aromatic amines is 1. The van der Waals surface area contributed by atoms with Crippen molar-refractivity contribution < 1.29 is 0 Å². The van der Waals surface area contributed by atoms with Crippen LogP contribution in [0, 0.1) is 4.77 Å². The van der Waals surface area contributed by atoms with Crippen LogP contribution in [-0.4, -0.2) is 33.6 Å². The van der Waals surface area contributed by atoms with Gasteiger partial charge in [0, 0.05) is 23.1 Å². The van der Waals surface area contributed by atoms with Crippen molar-refractivity contribution >= 4 is 34.9 Å². The number of halogens is 1. The number of hydrogen-bond acceptors (Lipinski definition) is 2. The lowest BCUT2D eigenvalue weighted by Crippen LogP contribution is -2.50. The Kier molecular flexibility index (Phi) is 3.36. The van der Waals surface area contributed by atoms with Crippen molar-refractivity contribution in [2.45, 2.75) is 50.2 Å². The highest BCUT2D eigenvalue weighted by Gasteiger charge is 2.37. The average Bonchev–Trinajstić information content (AvgIpc) is 2.74. The molecule has 0 radical (unpaired) electrons. The summed E-state index contributed by atoms with van der Waals surface area (Å²) in [4.78, 5) is 5.92. The number of rotatable bonds is 1. The maximum Gasteiger partial charge on any atom is 0.178 e. The average molecular weight is 322 g/mol. The third-order valence-corrected chi connectivity index (χ3v) is 5.89. The second-order valence-corrected chi connectivity index (χ2v) is 7.31. The molecule has 0 aliphatic carbocycles. The lowest BCUT2D eigenvalue weighted by atomic mass is 9.82. The van der Waals surface area contributed by atoms with Crippen LogP contribution < -0.4 is 0 Å². The summed E-state index contributed by atoms with van der Waals surface area (Å²) in [6.45, 7) is 0. The Morgan fingerprint density at radius 3 is 2.62 bits per heavy atom. The van der Waals surface area contributed by atoms with Gasteiger partial charge in [-0.2, -0.15) is 0 Å². The van der Waals surface area contributed by atoms with Crippen LogP contribution in [0.2, 0.25) is 5.02 Å². The molecule has 2 unspecified atom stereocenters. The Morgan fingerprint density at radius 2 is 1.90 bits per heavy atom. The molecule has 0 saturated carbocycles. The van der Waals surface area contributed by atoms with Gasteiger partial charge in [-0.05, 0) is 63.1 Å². The zero-order chi connectivity index (χ0) is 14.6. The van der Waals surface area contributed by atoms with E-state index in [1.165, 1.54) is 32.1 Å². The van der Waals surface area contributed by atoms with E-state index in [1.54, 1.807) is 0 Å². The summed E-state index contributed by atoms with van der Waals surface area (Å²) in [7, 11) is 2.29. The second-order valence-electron chi connectivity index (χ2n) is 6.49. The number of piperidine rings is 2. The molecule has 112 valence electrons. The molecule has 2 fully saturated rings. The quantitative estimate of drug-likeness (QED) is 0.780. The largest absolute Gasteiger partial charge is 0.331 e. The Labute approximate surface area is 134 Å². The molecule has 4 rings (SSSR count). The summed E-state index contributed by atoms with van der Waals surface area (Å²) in [5.74, 6) is 0. The third-order valence-electron chi connectivity index (χ3n) is 5.36. The highest BCUT2D eigenvalue weighted by molar-refractivity contribution is 7.71. The zero-order valence-electron chi connectivity index (χ0n) is 12.2. The fourth-order valence-corrected chi connectivity index (χ4v) is 4.78. The van der Waals surface area contributed by atoms with E-state index >= 15 is 0 Å². The normalized spacial score (nSPS) is 29.9. The molecule has 1 N–H and O–H groups in total. The van der Waals surface area contributed by atoms with Crippen molar-refractivity contribution in [1.82, 2.24) is 14.5 Å². The van der Waals surface area contributed by atoms with Crippen LogP contribution in [0.5, 0.6) is 0 Å². The van der Waals surface area contributed by atoms with Gasteiger partial charge >= 0.3 is 0 Å². The van der Waals surface area contributed by atoms with Crippen molar-refractivity contribution in [3.8, 4) is 0 Å². The van der Waals surface area contributed by atoms with E-state index < -0.39 is 0 Å². The summed E-state index contributed by atoms with van der Waals surface area (Å²) in [5.41, 5.74) is 2.24. The number of fused-ring (bicyclic) bond motifs is 3. The molecule has 1 aromatic carbocycles. The molecule has 2 saturated heterocycles. The number of nitrogens with one attached hydrogen (secondary N) is 1. The number of hydrogen-bond donors (Lipinski definition) is 1. The molecular weight excluding hydrogens is 302 g/mol. The molecule has 0 spiro atoms. The Hall–Kier alpha value is -0.840. The van der Waals surface area contributed by atoms with Crippen LogP contribution in [0.15, 0.2) is 18.2 Å². The molecule has 3 heterocycles. The van der Waals surface area contributed by atoms with Crippen LogP contribution in [0.25, 0.3) is 11.0 Å². The number of aromatic nitrogens is 2. The predicted molar refractivity (Wildman–Crippen MR) is 89.6 cm³/mol. The topological polar surface area (TPSA) is 24.0 Å². The smallest absolute Gasteiger partial charge is 0.178 e. The van der Waals surface area contributed by atoms with Gasteiger partial charge in [0.1, 0.15) is 0 Å². The first-order valence-electron chi connectivity index (χ1n) is 7.75. The van der Waals surface area contributed by atoms with Crippen LogP contribution in [0.4, 0.5) is 0 Å². The summed E-state index contributed by atoms with van der Waals surface area (Å²) in [5, 5.41) is 0.776. The summed E-state index contributed by atoms with van der Waals surface area (Å²) < 4.78 is 3.15. The third kappa shape index (κ3) is 2.24. The van der Waals surface area contributed by atoms with Crippen molar-refractivity contribution in [1.29, 1.82) is 0 Å². The van der Waals surface area contributed by atoms with Crippen molar-refractivity contribution in [2.24, 2.45) is 0 Å². The Balaban J connectivity index is 1.78. The molecule has 2 atom stereocenters. The van der Waals surface area contributed by atoms with E-state index in [4.69, 9.17) is 23.8 Å². The predicted octanol–water partition coefficient (Wildman–Crippen LogP) is 4.54. The minimum atomic E-state index is 0.496. The summed E-state index contributed by atoms with van der Waals surface area (Å²) in [6, 6.07) is 7.89. The van der Waals surface area contributed by atoms with Crippen molar-refractivity contribution in [3.63, 3.8) is 0 Å². The maximum absolute atomic E-state index is 6.19. The van der Waals surface area contributed by atoms with Crippen LogP contribution >= 0.6 is 23.8 Å². The molecule has 1 aromatic heterocycles. The second kappa shape index (κ2) is 5.11. The van der Waals surface area contributed by atoms with E-state index in [9.17, 15) is 0 Å². The first kappa shape index (κ1) is 13.8. The van der Waals surface area contributed by atoms with Gasteiger partial charge in [0.2, 0.25) is 0 Å². The first-order chi connectivity index (χ1) is 10.1. The molecule has 21 heavy (non-hydrogen) atoms. The van der Waals surface area contributed by atoms with E-state index in [0.717, 1.165) is 20.8 Å². The highest BCUT2D eigenvalue weighted by Crippen LogP contribution is 2.39. The molecule has 5 heteroatoms. The SMILES string of the molecule is CN1C2CCCC1CC(n1c(=S)[nH]c3ccc(Cl)cc31)C2. The minimum Gasteiger partial charge on any atom is -0.331 e. The summed E-state index contributed by atoms with van der Waals surface area (Å²) in [6.07, 6.45) is 6.40. The number of H-pyrrole nitrogens is 1. The molecule has 2 aliphatic rings. The number of nitrogens with zero attached hydrogens (tertiary/aromatic N) is 2. The molecule has 0 amide bonds. The monoisotopic (exact) mass is 321 g/mol. The highest BCUT2D eigenvalue weighted by atomic mass is 35.5. The van der Waals surface area contributed by atoms with E-state index in [2.05, 4.69) is 21.5 Å². The molecule has 2 aromatic rings. The van der Waals surface area contributed by atoms with Gasteiger partial charge < -0.3 is 14.5 Å². The van der Waals surface area contributed by atoms with Crippen LogP contribution in [0.1, 0.15) is 38.1 Å². The molecular formula is C16H20ClN3S. The van der Waals surface area contributed by atoms with Gasteiger partial charge in [-0.1, -0.05) is 18.0 Å². The van der Waals surface area contributed by atoms with E-state index in [1.807, 2.05) is 18.2 Å². The van der Waals surface area contributed by atoms with Gasteiger partial charge in [0.05, 0.1) is 11.0 Å². The van der Waals surface area contributed by atoms with Gasteiger partial charge in [-0.3, -0.25) is 0 Å². The fourth-order valence-electron chi connectivity index (χ4n) is 4.26. The van der Waals surface area contributed by atoms with Crippen LogP contribution in [-0.2, 0) is 0 Å². The molecule has 2 bridgehead atoms.